The van der Waals surface area contributed by atoms with Gasteiger partial charge in [-0.05, 0) is 49.8 Å². The summed E-state index contributed by atoms with van der Waals surface area (Å²) in [6.45, 7) is 9.29. The highest BCUT2D eigenvalue weighted by molar-refractivity contribution is 9.10. The lowest BCUT2D eigenvalue weighted by molar-refractivity contribution is 0.233. The first-order valence-corrected chi connectivity index (χ1v) is 8.56. The number of rotatable bonds is 3. The molecule has 0 aromatic heterocycles. The molecule has 0 amide bonds. The van der Waals surface area contributed by atoms with Crippen molar-refractivity contribution in [2.75, 3.05) is 18.0 Å². The van der Waals surface area contributed by atoms with Crippen LogP contribution < -0.4 is 10.2 Å². The van der Waals surface area contributed by atoms with Gasteiger partial charge in [0.05, 0.1) is 0 Å². The fourth-order valence-electron chi connectivity index (χ4n) is 3.50. The Labute approximate surface area is 131 Å². The number of hydrogen-bond donors (Lipinski definition) is 1. The van der Waals surface area contributed by atoms with Crippen molar-refractivity contribution in [1.82, 2.24) is 5.32 Å². The van der Waals surface area contributed by atoms with Crippen LogP contribution in [0.1, 0.15) is 33.6 Å². The lowest BCUT2D eigenvalue weighted by Gasteiger charge is -2.49. The molecule has 1 heterocycles. The molecule has 1 aliphatic heterocycles. The minimum atomic E-state index is 0.285. The monoisotopic (exact) mass is 336 g/mol. The number of piperazine rings is 1. The summed E-state index contributed by atoms with van der Waals surface area (Å²) in [7, 11) is 0. The minimum Gasteiger partial charge on any atom is -0.365 e. The van der Waals surface area contributed by atoms with Crippen molar-refractivity contribution in [3.63, 3.8) is 0 Å². The van der Waals surface area contributed by atoms with Gasteiger partial charge in [0, 0.05) is 34.8 Å². The maximum Gasteiger partial charge on any atom is 0.0438 e. The second kappa shape index (κ2) is 5.34. The molecule has 3 rings (SSSR count). The third-order valence-electron chi connectivity index (χ3n) is 5.00. The minimum absolute atomic E-state index is 0.285. The molecule has 2 unspecified atom stereocenters. The molecule has 0 spiro atoms. The zero-order valence-electron chi connectivity index (χ0n) is 12.7. The number of anilines is 1. The van der Waals surface area contributed by atoms with Gasteiger partial charge in [0.25, 0.3) is 0 Å². The summed E-state index contributed by atoms with van der Waals surface area (Å²) in [6.07, 6.45) is 2.78. The van der Waals surface area contributed by atoms with Gasteiger partial charge in [-0.2, -0.15) is 0 Å². The van der Waals surface area contributed by atoms with Crippen molar-refractivity contribution >= 4 is 21.6 Å². The van der Waals surface area contributed by atoms with E-state index >= 15 is 0 Å². The van der Waals surface area contributed by atoms with Crippen LogP contribution in [-0.4, -0.2) is 24.7 Å². The van der Waals surface area contributed by atoms with E-state index in [1.54, 1.807) is 0 Å². The van der Waals surface area contributed by atoms with E-state index in [1.807, 2.05) is 0 Å². The first-order chi connectivity index (χ1) is 9.49. The van der Waals surface area contributed by atoms with Gasteiger partial charge in [0.15, 0.2) is 0 Å². The molecule has 2 fully saturated rings. The van der Waals surface area contributed by atoms with Gasteiger partial charge < -0.3 is 10.2 Å². The molecule has 2 atom stereocenters. The fraction of sp³-hybridized carbons (Fsp3) is 0.647. The van der Waals surface area contributed by atoms with Crippen LogP contribution in [0.5, 0.6) is 0 Å². The van der Waals surface area contributed by atoms with Gasteiger partial charge in [-0.3, -0.25) is 0 Å². The Morgan fingerprint density at radius 2 is 2.10 bits per heavy atom. The number of benzene rings is 1. The van der Waals surface area contributed by atoms with Crippen LogP contribution >= 0.6 is 15.9 Å². The maximum atomic E-state index is 3.85. The van der Waals surface area contributed by atoms with Gasteiger partial charge in [-0.15, -0.1) is 0 Å². The molecule has 3 heteroatoms. The van der Waals surface area contributed by atoms with E-state index in [1.165, 1.54) is 23.0 Å². The third kappa shape index (κ3) is 2.75. The molecule has 1 saturated carbocycles. The summed E-state index contributed by atoms with van der Waals surface area (Å²) in [5.74, 6) is 1.52. The second-order valence-electron chi connectivity index (χ2n) is 6.99. The van der Waals surface area contributed by atoms with Crippen LogP contribution in [0.3, 0.4) is 0 Å². The summed E-state index contributed by atoms with van der Waals surface area (Å²) >= 11 is 3.61. The quantitative estimate of drug-likeness (QED) is 0.895. The average Bonchev–Trinajstić information content (AvgIpc) is 3.23. The van der Waals surface area contributed by atoms with Crippen molar-refractivity contribution in [3.8, 4) is 0 Å². The van der Waals surface area contributed by atoms with Crippen molar-refractivity contribution < 1.29 is 0 Å². The van der Waals surface area contributed by atoms with E-state index in [-0.39, 0.29) is 5.54 Å². The number of halogens is 1. The highest BCUT2D eigenvalue weighted by Crippen LogP contribution is 2.42. The van der Waals surface area contributed by atoms with Crippen molar-refractivity contribution in [2.45, 2.75) is 45.2 Å². The predicted octanol–water partition coefficient (Wildman–Crippen LogP) is 4.05. The summed E-state index contributed by atoms with van der Waals surface area (Å²) in [5, 5.41) is 3.85. The van der Waals surface area contributed by atoms with Gasteiger partial charge in [-0.25, -0.2) is 0 Å². The Balaban J connectivity index is 1.89. The van der Waals surface area contributed by atoms with Gasteiger partial charge in [0.2, 0.25) is 0 Å². The number of hydrogen-bond acceptors (Lipinski definition) is 2. The molecule has 1 aromatic rings. The van der Waals surface area contributed by atoms with E-state index in [9.17, 15) is 0 Å². The summed E-state index contributed by atoms with van der Waals surface area (Å²) < 4.78 is 1.17. The Bertz CT molecular complexity index is 484. The Hall–Kier alpha value is -0.540. The van der Waals surface area contributed by atoms with E-state index in [2.05, 4.69) is 71.2 Å². The van der Waals surface area contributed by atoms with E-state index < -0.39 is 0 Å². The largest absolute Gasteiger partial charge is 0.365 e. The molecule has 2 nitrogen and oxygen atoms in total. The van der Waals surface area contributed by atoms with E-state index in [4.69, 9.17) is 0 Å². The lowest BCUT2D eigenvalue weighted by atomic mass is 9.87. The van der Waals surface area contributed by atoms with Crippen LogP contribution in [0.25, 0.3) is 0 Å². The highest BCUT2D eigenvalue weighted by Gasteiger charge is 2.46. The predicted molar refractivity (Wildman–Crippen MR) is 89.2 cm³/mol. The van der Waals surface area contributed by atoms with Crippen LogP contribution in [0.2, 0.25) is 0 Å². The van der Waals surface area contributed by atoms with Gasteiger partial charge in [0.1, 0.15) is 0 Å². The maximum absolute atomic E-state index is 3.85. The summed E-state index contributed by atoms with van der Waals surface area (Å²) in [4.78, 5) is 2.63. The van der Waals surface area contributed by atoms with Crippen LogP contribution in [0.15, 0.2) is 28.7 Å². The molecule has 1 saturated heterocycles. The van der Waals surface area contributed by atoms with Crippen molar-refractivity contribution in [2.24, 2.45) is 11.8 Å². The number of nitrogens with one attached hydrogen (secondary N) is 1. The third-order valence-corrected chi connectivity index (χ3v) is 5.50. The van der Waals surface area contributed by atoms with Gasteiger partial charge in [-0.1, -0.05) is 35.8 Å². The van der Waals surface area contributed by atoms with Crippen LogP contribution in [0, 0.1) is 11.8 Å². The average molecular weight is 337 g/mol. The van der Waals surface area contributed by atoms with Gasteiger partial charge >= 0.3 is 0 Å². The smallest absolute Gasteiger partial charge is 0.0438 e. The lowest BCUT2D eigenvalue weighted by Crippen LogP contribution is -2.65. The van der Waals surface area contributed by atoms with Crippen molar-refractivity contribution in [1.29, 1.82) is 0 Å². The molecule has 1 aromatic carbocycles. The molecule has 2 aliphatic rings. The molecule has 110 valence electrons. The molecule has 1 aliphatic carbocycles. The highest BCUT2D eigenvalue weighted by atomic mass is 79.9. The van der Waals surface area contributed by atoms with E-state index in [0.717, 1.165) is 19.0 Å². The Morgan fingerprint density at radius 3 is 2.70 bits per heavy atom. The normalized spacial score (nSPS) is 30.9. The molecule has 20 heavy (non-hydrogen) atoms. The van der Waals surface area contributed by atoms with Crippen LogP contribution in [0.4, 0.5) is 5.69 Å². The topological polar surface area (TPSA) is 15.3 Å². The SMILES string of the molecule is CC(C)C1CNC(C)(C2CC2)CN1c1cccc(Br)c1. The standard InChI is InChI=1S/C17H25BrN2/c1-12(2)16-10-19-17(3,13-7-8-13)11-20(16)15-6-4-5-14(18)9-15/h4-6,9,12-13,16,19H,7-8,10-11H2,1-3H3. The zero-order chi connectivity index (χ0) is 14.3. The Morgan fingerprint density at radius 1 is 1.35 bits per heavy atom. The zero-order valence-corrected chi connectivity index (χ0v) is 14.3. The molecular formula is C17H25BrN2. The summed E-state index contributed by atoms with van der Waals surface area (Å²) in [6, 6.07) is 9.34. The fourth-order valence-corrected chi connectivity index (χ4v) is 3.89. The molecular weight excluding hydrogens is 312 g/mol. The second-order valence-corrected chi connectivity index (χ2v) is 7.91. The van der Waals surface area contributed by atoms with E-state index in [0.29, 0.717) is 12.0 Å². The first kappa shape index (κ1) is 14.4. The van der Waals surface area contributed by atoms with Crippen molar-refractivity contribution in [3.05, 3.63) is 28.7 Å². The molecule has 1 N–H and O–H groups in total. The molecule has 0 radical (unpaired) electrons. The molecule has 0 bridgehead atoms. The van der Waals surface area contributed by atoms with Crippen LogP contribution in [-0.2, 0) is 0 Å². The summed E-state index contributed by atoms with van der Waals surface area (Å²) in [5.41, 5.74) is 1.64. The number of nitrogens with zero attached hydrogens (tertiary/aromatic N) is 1. The first-order valence-electron chi connectivity index (χ1n) is 7.77. The Kier molecular flexibility index (Phi) is 3.85.